The number of benzene rings is 1. The van der Waals surface area contributed by atoms with Crippen molar-refractivity contribution in [3.63, 3.8) is 0 Å². The summed E-state index contributed by atoms with van der Waals surface area (Å²) in [6, 6.07) is 10.1. The monoisotopic (exact) mass is 369 g/mol. The molecule has 3 rings (SSSR count). The molecular formula is C21H23NO5. The van der Waals surface area contributed by atoms with Crippen LogP contribution in [0.2, 0.25) is 0 Å². The zero-order valence-electron chi connectivity index (χ0n) is 15.6. The lowest BCUT2D eigenvalue weighted by molar-refractivity contribution is -0.136. The van der Waals surface area contributed by atoms with Crippen molar-refractivity contribution in [2.24, 2.45) is 5.92 Å². The Morgan fingerprint density at radius 3 is 2.56 bits per heavy atom. The maximum Gasteiger partial charge on any atom is 0.374 e. The molecule has 0 N–H and O–H groups in total. The molecule has 27 heavy (non-hydrogen) atoms. The number of furan rings is 1. The van der Waals surface area contributed by atoms with Crippen molar-refractivity contribution in [3.8, 4) is 11.3 Å². The number of rotatable bonds is 5. The van der Waals surface area contributed by atoms with E-state index in [0.717, 1.165) is 18.4 Å². The third-order valence-electron chi connectivity index (χ3n) is 4.72. The summed E-state index contributed by atoms with van der Waals surface area (Å²) < 4.78 is 10.7. The Morgan fingerprint density at radius 1 is 1.15 bits per heavy atom. The molecule has 6 heteroatoms. The number of nitrogens with zero attached hydrogens (tertiary/aromatic N) is 1. The zero-order chi connectivity index (χ0) is 19.4. The largest absolute Gasteiger partial charge is 0.450 e. The van der Waals surface area contributed by atoms with Gasteiger partial charge >= 0.3 is 5.97 Å². The molecule has 1 atom stereocenters. The van der Waals surface area contributed by atoms with Crippen molar-refractivity contribution in [1.29, 1.82) is 0 Å². The smallest absolute Gasteiger partial charge is 0.374 e. The Bertz CT molecular complexity index is 837. The number of amides is 1. The highest BCUT2D eigenvalue weighted by atomic mass is 16.5. The summed E-state index contributed by atoms with van der Waals surface area (Å²) in [7, 11) is 0. The molecule has 0 saturated carbocycles. The van der Waals surface area contributed by atoms with Crippen LogP contribution in [0.3, 0.4) is 0 Å². The molecule has 1 aliphatic heterocycles. The van der Waals surface area contributed by atoms with Crippen LogP contribution in [-0.4, -0.2) is 42.3 Å². The number of esters is 1. The fourth-order valence-electron chi connectivity index (χ4n) is 3.18. The Morgan fingerprint density at radius 2 is 1.89 bits per heavy atom. The van der Waals surface area contributed by atoms with Crippen LogP contribution in [0.1, 0.15) is 47.6 Å². The highest BCUT2D eigenvalue weighted by Gasteiger charge is 2.23. The van der Waals surface area contributed by atoms with E-state index in [4.69, 9.17) is 9.15 Å². The molecule has 0 aliphatic carbocycles. The van der Waals surface area contributed by atoms with Gasteiger partial charge in [-0.1, -0.05) is 31.2 Å². The van der Waals surface area contributed by atoms with Crippen molar-refractivity contribution in [3.05, 3.63) is 47.7 Å². The third-order valence-corrected chi connectivity index (χ3v) is 4.72. The van der Waals surface area contributed by atoms with Gasteiger partial charge in [-0.15, -0.1) is 0 Å². The second-order valence-electron chi connectivity index (χ2n) is 6.96. The van der Waals surface area contributed by atoms with E-state index in [1.54, 1.807) is 35.2 Å². The van der Waals surface area contributed by atoms with E-state index in [2.05, 4.69) is 6.92 Å². The van der Waals surface area contributed by atoms with E-state index >= 15 is 0 Å². The Labute approximate surface area is 158 Å². The van der Waals surface area contributed by atoms with Crippen molar-refractivity contribution in [2.45, 2.75) is 26.7 Å². The first-order chi connectivity index (χ1) is 12.9. The quantitative estimate of drug-likeness (QED) is 0.595. The summed E-state index contributed by atoms with van der Waals surface area (Å²) in [5, 5.41) is 0. The van der Waals surface area contributed by atoms with Gasteiger partial charge in [-0.25, -0.2) is 4.79 Å². The molecule has 142 valence electrons. The molecule has 1 aromatic heterocycles. The molecule has 1 aliphatic rings. The number of hydrogen-bond acceptors (Lipinski definition) is 5. The normalized spacial score (nSPS) is 16.8. The Hall–Kier alpha value is -2.89. The van der Waals surface area contributed by atoms with Gasteiger partial charge in [0.1, 0.15) is 5.76 Å². The summed E-state index contributed by atoms with van der Waals surface area (Å²) in [5.41, 5.74) is 1.35. The van der Waals surface area contributed by atoms with Crippen molar-refractivity contribution >= 4 is 17.7 Å². The maximum atomic E-state index is 12.2. The first-order valence-electron chi connectivity index (χ1n) is 9.10. The highest BCUT2D eigenvalue weighted by Crippen LogP contribution is 2.23. The molecule has 6 nitrogen and oxygen atoms in total. The Kier molecular flexibility index (Phi) is 5.74. The molecule has 1 saturated heterocycles. The van der Waals surface area contributed by atoms with Gasteiger partial charge < -0.3 is 14.1 Å². The number of ether oxygens (including phenoxy) is 1. The number of hydrogen-bond donors (Lipinski definition) is 0. The van der Waals surface area contributed by atoms with Gasteiger partial charge in [-0.3, -0.25) is 9.59 Å². The van der Waals surface area contributed by atoms with E-state index in [-0.39, 0.29) is 24.1 Å². The van der Waals surface area contributed by atoms with Crippen LogP contribution < -0.4 is 0 Å². The first kappa shape index (κ1) is 18.9. The number of carbonyl (C=O) groups is 3. The fourth-order valence-corrected chi connectivity index (χ4v) is 3.18. The number of likely N-dealkylation sites (tertiary alicyclic amines) is 1. The zero-order valence-corrected chi connectivity index (χ0v) is 15.6. The third kappa shape index (κ3) is 4.64. The Balaban J connectivity index is 1.58. The van der Waals surface area contributed by atoms with Gasteiger partial charge in [0.25, 0.3) is 5.91 Å². The number of carbonyl (C=O) groups excluding carboxylic acids is 3. The lowest BCUT2D eigenvalue weighted by atomic mass is 10.0. The van der Waals surface area contributed by atoms with Crippen LogP contribution in [0.5, 0.6) is 0 Å². The molecular weight excluding hydrogens is 346 g/mol. The number of piperidine rings is 1. The topological polar surface area (TPSA) is 76.8 Å². The minimum atomic E-state index is -0.667. The lowest BCUT2D eigenvalue weighted by Crippen LogP contribution is -2.41. The van der Waals surface area contributed by atoms with E-state index < -0.39 is 5.97 Å². The predicted octanol–water partition coefficient (Wildman–Crippen LogP) is 3.56. The lowest BCUT2D eigenvalue weighted by Gasteiger charge is -2.30. The maximum absolute atomic E-state index is 12.2. The molecule has 1 aromatic carbocycles. The molecule has 1 unspecified atom stereocenters. The second kappa shape index (κ2) is 8.20. The van der Waals surface area contributed by atoms with Gasteiger partial charge in [0.15, 0.2) is 12.4 Å². The summed E-state index contributed by atoms with van der Waals surface area (Å²) >= 11 is 0. The van der Waals surface area contributed by atoms with Crippen LogP contribution in [-0.2, 0) is 9.53 Å². The van der Waals surface area contributed by atoms with Crippen LogP contribution in [0.4, 0.5) is 0 Å². The summed E-state index contributed by atoms with van der Waals surface area (Å²) in [6.07, 6.45) is 2.09. The average Bonchev–Trinajstić information content (AvgIpc) is 3.16. The van der Waals surface area contributed by atoms with Gasteiger partial charge in [-0.05, 0) is 37.8 Å². The predicted molar refractivity (Wildman–Crippen MR) is 99.4 cm³/mol. The summed E-state index contributed by atoms with van der Waals surface area (Å²) in [5.74, 6) is 0.147. The van der Waals surface area contributed by atoms with Gasteiger partial charge in [0.2, 0.25) is 5.76 Å². The molecule has 1 fully saturated rings. The van der Waals surface area contributed by atoms with E-state index in [0.29, 0.717) is 30.3 Å². The molecule has 0 radical (unpaired) electrons. The van der Waals surface area contributed by atoms with Gasteiger partial charge in [0, 0.05) is 24.2 Å². The summed E-state index contributed by atoms with van der Waals surface area (Å²) in [4.78, 5) is 37.4. The molecule has 2 heterocycles. The van der Waals surface area contributed by atoms with E-state index in [9.17, 15) is 14.4 Å². The van der Waals surface area contributed by atoms with E-state index in [1.165, 1.54) is 13.0 Å². The average molecular weight is 369 g/mol. The first-order valence-corrected chi connectivity index (χ1v) is 9.10. The van der Waals surface area contributed by atoms with E-state index in [1.807, 2.05) is 0 Å². The molecule has 2 aromatic rings. The van der Waals surface area contributed by atoms with Crippen molar-refractivity contribution in [2.75, 3.05) is 19.7 Å². The molecule has 0 spiro atoms. The van der Waals surface area contributed by atoms with Crippen LogP contribution in [0.15, 0.2) is 40.8 Å². The van der Waals surface area contributed by atoms with Crippen molar-refractivity contribution < 1.29 is 23.5 Å². The number of ketones is 1. The van der Waals surface area contributed by atoms with Gasteiger partial charge in [0.05, 0.1) is 0 Å². The highest BCUT2D eigenvalue weighted by molar-refractivity contribution is 5.94. The molecule has 0 bridgehead atoms. The second-order valence-corrected chi connectivity index (χ2v) is 6.96. The summed E-state index contributed by atoms with van der Waals surface area (Å²) in [6.45, 7) is 4.74. The van der Waals surface area contributed by atoms with Crippen LogP contribution in [0.25, 0.3) is 11.3 Å². The minimum Gasteiger partial charge on any atom is -0.450 e. The fraction of sp³-hybridized carbons (Fsp3) is 0.381. The van der Waals surface area contributed by atoms with Gasteiger partial charge in [-0.2, -0.15) is 0 Å². The number of Topliss-reactive ketones (excluding diaryl/α,β-unsaturated/α-hetero) is 1. The SMILES string of the molecule is CC(=O)c1ccc(-c2ccc(C(=O)OCC(=O)N3CCCC(C)C3)o2)cc1. The van der Waals surface area contributed by atoms with Crippen LogP contribution >= 0.6 is 0 Å². The molecule has 1 amide bonds. The van der Waals surface area contributed by atoms with Crippen molar-refractivity contribution in [1.82, 2.24) is 4.90 Å². The minimum absolute atomic E-state index is 0.0157. The standard InChI is InChI=1S/C21H23NO5/c1-14-4-3-11-22(12-14)20(24)13-26-21(25)19-10-9-18(27-19)17-7-5-16(6-8-17)15(2)23/h5-10,14H,3-4,11-13H2,1-2H3. The van der Waals surface area contributed by atoms with Crippen LogP contribution in [0, 0.1) is 5.92 Å².